The summed E-state index contributed by atoms with van der Waals surface area (Å²) in [7, 11) is -3.75. The molecule has 29 heavy (non-hydrogen) atoms. The number of rotatable bonds is 6. The molecule has 10 heteroatoms. The maximum Gasteiger partial charge on any atom is 0.238 e. The molecular formula is C19H28N4O5S. The van der Waals surface area contributed by atoms with E-state index in [0.717, 1.165) is 19.4 Å². The van der Waals surface area contributed by atoms with Crippen LogP contribution in [0.15, 0.2) is 29.2 Å². The molecule has 2 saturated heterocycles. The lowest BCUT2D eigenvalue weighted by molar-refractivity contribution is -0.141. The molecule has 2 amide bonds. The predicted molar refractivity (Wildman–Crippen MR) is 108 cm³/mol. The first-order valence-corrected chi connectivity index (χ1v) is 11.4. The number of piperidine rings is 1. The molecule has 2 fully saturated rings. The van der Waals surface area contributed by atoms with E-state index in [1.807, 2.05) is 4.90 Å². The maximum atomic E-state index is 12.7. The molecule has 0 radical (unpaired) electrons. The fraction of sp³-hybridized carbons (Fsp3) is 0.579. The van der Waals surface area contributed by atoms with Crippen LogP contribution in [0.5, 0.6) is 0 Å². The van der Waals surface area contributed by atoms with Gasteiger partial charge in [0, 0.05) is 38.3 Å². The fourth-order valence-corrected chi connectivity index (χ4v) is 4.23. The van der Waals surface area contributed by atoms with Gasteiger partial charge in [-0.3, -0.25) is 9.59 Å². The van der Waals surface area contributed by atoms with E-state index in [0.29, 0.717) is 51.5 Å². The van der Waals surface area contributed by atoms with Crippen molar-refractivity contribution in [3.05, 3.63) is 24.3 Å². The average molecular weight is 425 g/mol. The van der Waals surface area contributed by atoms with E-state index in [1.54, 1.807) is 0 Å². The van der Waals surface area contributed by atoms with Gasteiger partial charge in [0.25, 0.3) is 0 Å². The number of carbonyl (C=O) groups is 2. The van der Waals surface area contributed by atoms with Crippen molar-refractivity contribution < 1.29 is 22.7 Å². The third-order valence-corrected chi connectivity index (χ3v) is 6.23. The molecule has 0 aliphatic carbocycles. The number of ether oxygens (including phenoxy) is 1. The monoisotopic (exact) mass is 424 g/mol. The zero-order valence-electron chi connectivity index (χ0n) is 16.4. The Labute approximate surface area is 171 Å². The first kappa shape index (κ1) is 21.7. The van der Waals surface area contributed by atoms with E-state index in [9.17, 15) is 18.0 Å². The lowest BCUT2D eigenvalue weighted by Gasteiger charge is -2.36. The molecule has 0 aromatic heterocycles. The quantitative estimate of drug-likeness (QED) is 0.674. The van der Waals surface area contributed by atoms with Gasteiger partial charge in [-0.1, -0.05) is 0 Å². The molecule has 0 bridgehead atoms. The molecule has 0 spiro atoms. The zero-order chi connectivity index (χ0) is 20.9. The van der Waals surface area contributed by atoms with Crippen molar-refractivity contribution >= 4 is 27.5 Å². The average Bonchev–Trinajstić information content (AvgIpc) is 2.72. The van der Waals surface area contributed by atoms with E-state index >= 15 is 0 Å². The summed E-state index contributed by atoms with van der Waals surface area (Å²) in [5.74, 6) is 0.0167. The van der Waals surface area contributed by atoms with Gasteiger partial charge in [0.2, 0.25) is 21.8 Å². The Kier molecular flexibility index (Phi) is 7.23. The molecule has 0 unspecified atom stereocenters. The number of hydrogen-bond acceptors (Lipinski definition) is 6. The minimum Gasteiger partial charge on any atom is -0.378 e. The van der Waals surface area contributed by atoms with Gasteiger partial charge in [-0.25, -0.2) is 13.6 Å². The predicted octanol–water partition coefficient (Wildman–Crippen LogP) is 0.233. The van der Waals surface area contributed by atoms with Crippen LogP contribution in [0.1, 0.15) is 19.3 Å². The van der Waals surface area contributed by atoms with E-state index in [-0.39, 0.29) is 22.6 Å². The Balaban J connectivity index is 1.45. The molecule has 1 aromatic rings. The Morgan fingerprint density at radius 3 is 2.48 bits per heavy atom. The van der Waals surface area contributed by atoms with Crippen LogP contribution in [-0.2, 0) is 24.3 Å². The van der Waals surface area contributed by atoms with E-state index < -0.39 is 10.0 Å². The van der Waals surface area contributed by atoms with Crippen LogP contribution in [0, 0.1) is 5.92 Å². The highest BCUT2D eigenvalue weighted by molar-refractivity contribution is 7.89. The number of nitrogens with one attached hydrogen (secondary N) is 1. The van der Waals surface area contributed by atoms with Crippen LogP contribution in [0.25, 0.3) is 0 Å². The van der Waals surface area contributed by atoms with Crippen LogP contribution < -0.4 is 10.5 Å². The van der Waals surface area contributed by atoms with Gasteiger partial charge in [0.15, 0.2) is 0 Å². The highest BCUT2D eigenvalue weighted by atomic mass is 32.2. The molecule has 0 saturated carbocycles. The molecule has 2 aliphatic rings. The Hall–Kier alpha value is -2.01. The van der Waals surface area contributed by atoms with Crippen LogP contribution in [0.4, 0.5) is 5.69 Å². The number of carbonyl (C=O) groups excluding carboxylic acids is 2. The van der Waals surface area contributed by atoms with Gasteiger partial charge in [0.05, 0.1) is 24.0 Å². The van der Waals surface area contributed by atoms with E-state index in [4.69, 9.17) is 9.88 Å². The topological polar surface area (TPSA) is 122 Å². The van der Waals surface area contributed by atoms with Gasteiger partial charge in [-0.2, -0.15) is 0 Å². The smallest absolute Gasteiger partial charge is 0.238 e. The zero-order valence-corrected chi connectivity index (χ0v) is 17.2. The van der Waals surface area contributed by atoms with Gasteiger partial charge in [0.1, 0.15) is 0 Å². The fourth-order valence-electron chi connectivity index (χ4n) is 3.71. The Morgan fingerprint density at radius 2 is 1.83 bits per heavy atom. The third kappa shape index (κ3) is 6.23. The number of amides is 2. The lowest BCUT2D eigenvalue weighted by atomic mass is 9.96. The van der Waals surface area contributed by atoms with Crippen molar-refractivity contribution in [3.8, 4) is 0 Å². The van der Waals surface area contributed by atoms with Crippen LogP contribution in [-0.4, -0.2) is 76.0 Å². The number of nitrogens with two attached hydrogens (primary N) is 1. The van der Waals surface area contributed by atoms with Gasteiger partial charge >= 0.3 is 0 Å². The number of nitrogens with zero attached hydrogens (tertiary/aromatic N) is 2. The molecule has 1 aromatic carbocycles. The number of primary sulfonamides is 1. The van der Waals surface area contributed by atoms with Crippen molar-refractivity contribution in [1.29, 1.82) is 0 Å². The lowest BCUT2D eigenvalue weighted by Crippen LogP contribution is -2.48. The highest BCUT2D eigenvalue weighted by Crippen LogP contribution is 2.20. The first-order chi connectivity index (χ1) is 13.8. The summed E-state index contributed by atoms with van der Waals surface area (Å²) in [6.45, 7) is 4.63. The maximum absolute atomic E-state index is 12.7. The van der Waals surface area contributed by atoms with Gasteiger partial charge in [-0.05, 0) is 43.7 Å². The number of benzene rings is 1. The summed E-state index contributed by atoms with van der Waals surface area (Å²) in [5, 5.41) is 7.82. The summed E-state index contributed by atoms with van der Waals surface area (Å²) in [6, 6.07) is 5.74. The highest BCUT2D eigenvalue weighted by Gasteiger charge is 2.30. The van der Waals surface area contributed by atoms with E-state index in [1.165, 1.54) is 24.3 Å². The van der Waals surface area contributed by atoms with Crippen molar-refractivity contribution in [2.24, 2.45) is 11.1 Å². The third-order valence-electron chi connectivity index (χ3n) is 5.30. The van der Waals surface area contributed by atoms with Crippen molar-refractivity contribution in [3.63, 3.8) is 0 Å². The Bertz CT molecular complexity index is 822. The second-order valence-corrected chi connectivity index (χ2v) is 9.01. The molecule has 3 N–H and O–H groups in total. The number of morpholine rings is 1. The van der Waals surface area contributed by atoms with Crippen molar-refractivity contribution in [2.75, 3.05) is 51.3 Å². The van der Waals surface area contributed by atoms with Gasteiger partial charge < -0.3 is 19.9 Å². The summed E-state index contributed by atoms with van der Waals surface area (Å²) in [6.07, 6.45) is 2.13. The summed E-state index contributed by atoms with van der Waals surface area (Å²) >= 11 is 0. The summed E-state index contributed by atoms with van der Waals surface area (Å²) < 4.78 is 27.9. The number of anilines is 1. The second-order valence-electron chi connectivity index (χ2n) is 7.44. The molecule has 1 atom stereocenters. The standard InChI is InChI=1S/C19H28N4O5S/c20-29(26,27)17-5-3-16(4-6-17)21-18(24)7-9-22-8-1-2-15(14-22)19(25)23-10-12-28-13-11-23/h3-6,15H,1-2,7-14H2,(H,21,24)(H2,20,26,27)/t15-/m0/s1. The number of hydrogen-bond donors (Lipinski definition) is 2. The van der Waals surface area contributed by atoms with Crippen LogP contribution in [0.2, 0.25) is 0 Å². The number of likely N-dealkylation sites (tertiary alicyclic amines) is 1. The largest absolute Gasteiger partial charge is 0.378 e. The molecule has 2 aliphatic heterocycles. The SMILES string of the molecule is NS(=O)(=O)c1ccc(NC(=O)CCN2CCC[C@H](C(=O)N3CCOCC3)C2)cc1. The van der Waals surface area contributed by atoms with Crippen LogP contribution in [0.3, 0.4) is 0 Å². The Morgan fingerprint density at radius 1 is 1.14 bits per heavy atom. The van der Waals surface area contributed by atoms with E-state index in [2.05, 4.69) is 10.2 Å². The summed E-state index contributed by atoms with van der Waals surface area (Å²) in [4.78, 5) is 29.0. The first-order valence-electron chi connectivity index (χ1n) is 9.84. The molecule has 2 heterocycles. The minimum atomic E-state index is -3.75. The van der Waals surface area contributed by atoms with Crippen molar-refractivity contribution in [1.82, 2.24) is 9.80 Å². The molecule has 3 rings (SSSR count). The molecule has 160 valence electrons. The molecular weight excluding hydrogens is 396 g/mol. The summed E-state index contributed by atoms with van der Waals surface area (Å²) in [5.41, 5.74) is 0.515. The second kappa shape index (κ2) is 9.66. The number of sulfonamides is 1. The minimum absolute atomic E-state index is 0.000192. The van der Waals surface area contributed by atoms with Crippen molar-refractivity contribution in [2.45, 2.75) is 24.2 Å². The van der Waals surface area contributed by atoms with Gasteiger partial charge in [-0.15, -0.1) is 0 Å². The molecule has 9 nitrogen and oxygen atoms in total. The normalized spacial score (nSPS) is 21.0. The van der Waals surface area contributed by atoms with Crippen LogP contribution >= 0.6 is 0 Å².